The quantitative estimate of drug-likeness (QED) is 0.755. The Morgan fingerprint density at radius 3 is 2.90 bits per heavy atom. The Hall–Kier alpha value is -1.62. The van der Waals surface area contributed by atoms with Crippen LogP contribution >= 0.6 is 23.1 Å². The summed E-state index contributed by atoms with van der Waals surface area (Å²) >= 11 is 3.70. The standard InChI is InChI=1S/C17H14N2S2/c18-9-11-4-3-5-12(8-11)17-19-16-13-6-1-2-7-14(13)20-10-15(16)21-17/h1-8H,9-10,18H2. The molecule has 21 heavy (non-hydrogen) atoms. The third kappa shape index (κ3) is 2.29. The van der Waals surface area contributed by atoms with Crippen molar-refractivity contribution >= 4 is 23.1 Å². The molecule has 0 saturated carbocycles. The van der Waals surface area contributed by atoms with Gasteiger partial charge in [-0.25, -0.2) is 4.98 Å². The van der Waals surface area contributed by atoms with Gasteiger partial charge in [0.25, 0.3) is 0 Å². The van der Waals surface area contributed by atoms with E-state index in [4.69, 9.17) is 10.7 Å². The summed E-state index contributed by atoms with van der Waals surface area (Å²) in [5.41, 5.74) is 10.5. The Bertz CT molecular complexity index is 808. The summed E-state index contributed by atoms with van der Waals surface area (Å²) in [4.78, 5) is 7.60. The van der Waals surface area contributed by atoms with Crippen LogP contribution in [-0.4, -0.2) is 4.98 Å². The predicted octanol–water partition coefficient (Wildman–Crippen LogP) is 4.54. The minimum absolute atomic E-state index is 0.567. The lowest BCUT2D eigenvalue weighted by molar-refractivity contribution is 1.07. The minimum atomic E-state index is 0.567. The van der Waals surface area contributed by atoms with E-state index in [0.29, 0.717) is 6.54 Å². The van der Waals surface area contributed by atoms with Gasteiger partial charge in [-0.05, 0) is 17.7 Å². The van der Waals surface area contributed by atoms with Crippen LogP contribution in [0, 0.1) is 0 Å². The third-order valence-corrected chi connectivity index (χ3v) is 6.00. The topological polar surface area (TPSA) is 38.9 Å². The zero-order valence-electron chi connectivity index (χ0n) is 11.4. The fourth-order valence-corrected chi connectivity index (χ4v) is 4.74. The fraction of sp³-hybridized carbons (Fsp3) is 0.118. The van der Waals surface area contributed by atoms with Crippen LogP contribution in [-0.2, 0) is 12.3 Å². The summed E-state index contributed by atoms with van der Waals surface area (Å²) in [6.45, 7) is 0.567. The Labute approximate surface area is 132 Å². The van der Waals surface area contributed by atoms with E-state index in [9.17, 15) is 0 Å². The number of hydrogen-bond donors (Lipinski definition) is 1. The van der Waals surface area contributed by atoms with Crippen LogP contribution < -0.4 is 5.73 Å². The fourth-order valence-electron chi connectivity index (χ4n) is 2.55. The van der Waals surface area contributed by atoms with Crippen molar-refractivity contribution in [3.05, 3.63) is 59.0 Å². The van der Waals surface area contributed by atoms with Crippen molar-refractivity contribution in [2.24, 2.45) is 5.73 Å². The van der Waals surface area contributed by atoms with E-state index in [0.717, 1.165) is 22.0 Å². The highest BCUT2D eigenvalue weighted by atomic mass is 32.2. The van der Waals surface area contributed by atoms with Gasteiger partial charge in [0.15, 0.2) is 0 Å². The molecule has 0 unspecified atom stereocenters. The van der Waals surface area contributed by atoms with Gasteiger partial charge in [-0.15, -0.1) is 23.1 Å². The Kier molecular flexibility index (Phi) is 3.30. The molecule has 4 rings (SSSR count). The second kappa shape index (κ2) is 5.30. The molecule has 104 valence electrons. The number of rotatable bonds is 2. The van der Waals surface area contributed by atoms with Crippen molar-refractivity contribution < 1.29 is 0 Å². The van der Waals surface area contributed by atoms with E-state index in [1.807, 2.05) is 11.8 Å². The molecule has 2 nitrogen and oxygen atoms in total. The SMILES string of the molecule is NCc1cccc(-c2nc3c(s2)CSc2ccccc2-3)c1. The lowest BCUT2D eigenvalue weighted by Crippen LogP contribution is -1.95. The number of nitrogens with two attached hydrogens (primary N) is 1. The number of aromatic nitrogens is 1. The molecule has 0 fully saturated rings. The highest BCUT2D eigenvalue weighted by molar-refractivity contribution is 7.98. The molecule has 2 aromatic carbocycles. The minimum Gasteiger partial charge on any atom is -0.326 e. The molecule has 0 amide bonds. The van der Waals surface area contributed by atoms with Gasteiger partial charge in [0.2, 0.25) is 0 Å². The van der Waals surface area contributed by atoms with Gasteiger partial charge >= 0.3 is 0 Å². The van der Waals surface area contributed by atoms with Gasteiger partial charge in [0.05, 0.1) is 5.69 Å². The van der Waals surface area contributed by atoms with Crippen molar-refractivity contribution in [2.75, 3.05) is 0 Å². The number of benzene rings is 2. The lowest BCUT2D eigenvalue weighted by Gasteiger charge is -2.13. The summed E-state index contributed by atoms with van der Waals surface area (Å²) < 4.78 is 0. The Morgan fingerprint density at radius 1 is 1.10 bits per heavy atom. The summed E-state index contributed by atoms with van der Waals surface area (Å²) in [5, 5.41) is 1.09. The zero-order chi connectivity index (χ0) is 14.2. The molecular weight excluding hydrogens is 296 g/mol. The van der Waals surface area contributed by atoms with Crippen LogP contribution in [0.5, 0.6) is 0 Å². The van der Waals surface area contributed by atoms with Crippen molar-refractivity contribution in [2.45, 2.75) is 17.2 Å². The molecule has 0 aliphatic carbocycles. The molecular formula is C17H14N2S2. The van der Waals surface area contributed by atoms with Crippen LogP contribution in [0.3, 0.4) is 0 Å². The zero-order valence-corrected chi connectivity index (χ0v) is 13.0. The maximum atomic E-state index is 5.74. The second-order valence-electron chi connectivity index (χ2n) is 4.98. The average molecular weight is 310 g/mol. The highest BCUT2D eigenvalue weighted by Crippen LogP contribution is 2.45. The average Bonchev–Trinajstić information content (AvgIpc) is 2.99. The molecule has 0 radical (unpaired) electrons. The van der Waals surface area contributed by atoms with Crippen molar-refractivity contribution in [3.63, 3.8) is 0 Å². The van der Waals surface area contributed by atoms with Gasteiger partial charge < -0.3 is 5.73 Å². The second-order valence-corrected chi connectivity index (χ2v) is 7.08. The molecule has 1 aromatic heterocycles. The molecule has 1 aliphatic rings. The predicted molar refractivity (Wildman–Crippen MR) is 90.4 cm³/mol. The first-order valence-electron chi connectivity index (χ1n) is 6.86. The van der Waals surface area contributed by atoms with E-state index in [-0.39, 0.29) is 0 Å². The van der Waals surface area contributed by atoms with Gasteiger partial charge in [-0.2, -0.15) is 0 Å². The van der Waals surface area contributed by atoms with Crippen LogP contribution in [0.4, 0.5) is 0 Å². The van der Waals surface area contributed by atoms with Gasteiger partial charge in [-0.1, -0.05) is 36.4 Å². The van der Waals surface area contributed by atoms with Gasteiger partial charge in [0, 0.05) is 33.2 Å². The smallest absolute Gasteiger partial charge is 0.124 e. The van der Waals surface area contributed by atoms with Crippen molar-refractivity contribution in [3.8, 4) is 21.8 Å². The van der Waals surface area contributed by atoms with Crippen LogP contribution in [0.1, 0.15) is 10.4 Å². The largest absolute Gasteiger partial charge is 0.326 e. The van der Waals surface area contributed by atoms with E-state index in [1.54, 1.807) is 11.3 Å². The number of nitrogens with zero attached hydrogens (tertiary/aromatic N) is 1. The Morgan fingerprint density at radius 2 is 2.00 bits per heavy atom. The summed E-state index contributed by atoms with van der Waals surface area (Å²) in [6, 6.07) is 16.9. The maximum Gasteiger partial charge on any atom is 0.124 e. The number of fused-ring (bicyclic) bond motifs is 3. The molecule has 4 heteroatoms. The van der Waals surface area contributed by atoms with Crippen LogP contribution in [0.2, 0.25) is 0 Å². The van der Waals surface area contributed by atoms with E-state index >= 15 is 0 Å². The molecule has 0 bridgehead atoms. The summed E-state index contributed by atoms with van der Waals surface area (Å²) in [7, 11) is 0. The molecule has 1 aliphatic heterocycles. The number of thioether (sulfide) groups is 1. The first-order valence-corrected chi connectivity index (χ1v) is 8.66. The molecule has 2 heterocycles. The highest BCUT2D eigenvalue weighted by Gasteiger charge is 2.21. The lowest BCUT2D eigenvalue weighted by atomic mass is 10.1. The summed E-state index contributed by atoms with van der Waals surface area (Å²) in [5.74, 6) is 1.01. The van der Waals surface area contributed by atoms with Crippen LogP contribution in [0.25, 0.3) is 21.8 Å². The molecule has 2 N–H and O–H groups in total. The van der Waals surface area contributed by atoms with E-state index < -0.39 is 0 Å². The van der Waals surface area contributed by atoms with Crippen molar-refractivity contribution in [1.29, 1.82) is 0 Å². The van der Waals surface area contributed by atoms with Gasteiger partial charge in [0.1, 0.15) is 5.01 Å². The van der Waals surface area contributed by atoms with Crippen molar-refractivity contribution in [1.82, 2.24) is 4.98 Å². The van der Waals surface area contributed by atoms with E-state index in [1.165, 1.54) is 20.9 Å². The monoisotopic (exact) mass is 310 g/mol. The van der Waals surface area contributed by atoms with E-state index in [2.05, 4.69) is 48.5 Å². The van der Waals surface area contributed by atoms with Crippen LogP contribution in [0.15, 0.2) is 53.4 Å². The third-order valence-electron chi connectivity index (χ3n) is 3.61. The maximum absolute atomic E-state index is 5.74. The molecule has 0 spiro atoms. The normalized spacial score (nSPS) is 12.8. The van der Waals surface area contributed by atoms with Gasteiger partial charge in [-0.3, -0.25) is 0 Å². The first kappa shape index (κ1) is 13.1. The molecule has 3 aromatic rings. The summed E-state index contributed by atoms with van der Waals surface area (Å²) in [6.07, 6.45) is 0. The first-order chi connectivity index (χ1) is 10.3. The number of thiazole rings is 1. The molecule has 0 atom stereocenters. The Balaban J connectivity index is 1.83. The molecule has 0 saturated heterocycles. The number of hydrogen-bond acceptors (Lipinski definition) is 4.